The SMILES string of the molecule is CN1CC[C@@H](NC(=O)c2ccncc2C(F)(F)F)[C@@H]1c1ccccc1. The third-order valence-electron chi connectivity index (χ3n) is 4.48. The molecule has 0 saturated carbocycles. The van der Waals surface area contributed by atoms with E-state index in [1.165, 1.54) is 6.20 Å². The minimum absolute atomic E-state index is 0.0682. The highest BCUT2D eigenvalue weighted by atomic mass is 19.4. The molecule has 1 aliphatic rings. The molecule has 25 heavy (non-hydrogen) atoms. The zero-order chi connectivity index (χ0) is 18.0. The number of aromatic nitrogens is 1. The van der Waals surface area contributed by atoms with E-state index in [9.17, 15) is 18.0 Å². The number of alkyl halides is 3. The number of benzene rings is 1. The van der Waals surface area contributed by atoms with Gasteiger partial charge in [0.25, 0.3) is 5.91 Å². The van der Waals surface area contributed by atoms with Crippen molar-refractivity contribution in [3.05, 3.63) is 65.5 Å². The summed E-state index contributed by atoms with van der Waals surface area (Å²) in [7, 11) is 1.94. The maximum Gasteiger partial charge on any atom is 0.418 e. The lowest BCUT2D eigenvalue weighted by Crippen LogP contribution is -2.39. The van der Waals surface area contributed by atoms with E-state index >= 15 is 0 Å². The van der Waals surface area contributed by atoms with Crippen LogP contribution in [0.1, 0.15) is 33.9 Å². The van der Waals surface area contributed by atoms with Gasteiger partial charge in [0, 0.05) is 18.9 Å². The molecular weight excluding hydrogens is 331 g/mol. The number of hydrogen-bond donors (Lipinski definition) is 1. The molecule has 0 bridgehead atoms. The van der Waals surface area contributed by atoms with Crippen molar-refractivity contribution in [1.29, 1.82) is 0 Å². The van der Waals surface area contributed by atoms with Crippen molar-refractivity contribution in [3.63, 3.8) is 0 Å². The van der Waals surface area contributed by atoms with Crippen LogP contribution in [-0.2, 0) is 6.18 Å². The highest BCUT2D eigenvalue weighted by molar-refractivity contribution is 5.96. The Hall–Kier alpha value is -2.41. The first-order valence-corrected chi connectivity index (χ1v) is 7.95. The third-order valence-corrected chi connectivity index (χ3v) is 4.48. The van der Waals surface area contributed by atoms with Crippen molar-refractivity contribution in [2.24, 2.45) is 0 Å². The largest absolute Gasteiger partial charge is 0.418 e. The molecule has 0 spiro atoms. The van der Waals surface area contributed by atoms with Crippen LogP contribution in [0.2, 0.25) is 0 Å². The molecule has 7 heteroatoms. The summed E-state index contributed by atoms with van der Waals surface area (Å²) in [6, 6.07) is 10.4. The Bertz CT molecular complexity index is 749. The predicted octanol–water partition coefficient (Wildman–Crippen LogP) is 3.28. The molecule has 1 saturated heterocycles. The lowest BCUT2D eigenvalue weighted by Gasteiger charge is -2.26. The number of pyridine rings is 1. The van der Waals surface area contributed by atoms with Crippen LogP contribution in [0.15, 0.2) is 48.8 Å². The van der Waals surface area contributed by atoms with Gasteiger partial charge in [-0.15, -0.1) is 0 Å². The van der Waals surface area contributed by atoms with Crippen LogP contribution in [0, 0.1) is 0 Å². The fourth-order valence-corrected chi connectivity index (χ4v) is 3.30. The van der Waals surface area contributed by atoms with Gasteiger partial charge in [0.05, 0.1) is 23.2 Å². The maximum atomic E-state index is 13.1. The number of amides is 1. The number of likely N-dealkylation sites (N-methyl/N-ethyl adjacent to an activating group) is 1. The van der Waals surface area contributed by atoms with E-state index in [4.69, 9.17) is 0 Å². The van der Waals surface area contributed by atoms with Crippen molar-refractivity contribution in [2.45, 2.75) is 24.7 Å². The Balaban J connectivity index is 1.84. The normalized spacial score (nSPS) is 21.3. The Morgan fingerprint density at radius 3 is 2.64 bits per heavy atom. The maximum absolute atomic E-state index is 13.1. The summed E-state index contributed by atoms with van der Waals surface area (Å²) in [6.07, 6.45) is -2.07. The fraction of sp³-hybridized carbons (Fsp3) is 0.333. The molecule has 4 nitrogen and oxygen atoms in total. The van der Waals surface area contributed by atoms with E-state index in [0.717, 1.165) is 18.2 Å². The van der Waals surface area contributed by atoms with Crippen molar-refractivity contribution in [3.8, 4) is 0 Å². The second-order valence-electron chi connectivity index (χ2n) is 6.12. The lowest BCUT2D eigenvalue weighted by atomic mass is 9.99. The van der Waals surface area contributed by atoms with E-state index in [1.54, 1.807) is 0 Å². The van der Waals surface area contributed by atoms with Gasteiger partial charge < -0.3 is 5.32 Å². The third kappa shape index (κ3) is 3.66. The summed E-state index contributed by atoms with van der Waals surface area (Å²) in [4.78, 5) is 18.1. The van der Waals surface area contributed by atoms with Crippen molar-refractivity contribution < 1.29 is 18.0 Å². The smallest absolute Gasteiger partial charge is 0.347 e. The van der Waals surface area contributed by atoms with Crippen LogP contribution >= 0.6 is 0 Å². The number of hydrogen-bond acceptors (Lipinski definition) is 3. The Kier molecular flexibility index (Phi) is 4.76. The monoisotopic (exact) mass is 349 g/mol. The summed E-state index contributed by atoms with van der Waals surface area (Å²) in [5, 5.41) is 2.78. The van der Waals surface area contributed by atoms with Crippen LogP contribution in [0.5, 0.6) is 0 Å². The van der Waals surface area contributed by atoms with Gasteiger partial charge in [-0.05, 0) is 25.1 Å². The second kappa shape index (κ2) is 6.84. The molecule has 1 fully saturated rings. The summed E-state index contributed by atoms with van der Waals surface area (Å²) in [5.41, 5.74) is -0.391. The van der Waals surface area contributed by atoms with Gasteiger partial charge in [-0.1, -0.05) is 30.3 Å². The molecule has 1 aliphatic heterocycles. The minimum atomic E-state index is -4.62. The average molecular weight is 349 g/mol. The highest BCUT2D eigenvalue weighted by Crippen LogP contribution is 2.33. The second-order valence-corrected chi connectivity index (χ2v) is 6.12. The van der Waals surface area contributed by atoms with Gasteiger partial charge in [-0.3, -0.25) is 14.7 Å². The van der Waals surface area contributed by atoms with Crippen molar-refractivity contribution in [1.82, 2.24) is 15.2 Å². The molecule has 3 rings (SSSR count). The molecule has 0 unspecified atom stereocenters. The molecule has 2 heterocycles. The van der Waals surface area contributed by atoms with E-state index in [1.807, 2.05) is 37.4 Å². The highest BCUT2D eigenvalue weighted by Gasteiger charge is 2.38. The standard InChI is InChI=1S/C18H18F3N3O/c1-24-10-8-15(16(24)12-5-3-2-4-6-12)23-17(25)13-7-9-22-11-14(13)18(19,20)21/h2-7,9,11,15-16H,8,10H2,1H3,(H,23,25)/t15-,16+/m1/s1. The van der Waals surface area contributed by atoms with E-state index < -0.39 is 23.2 Å². The van der Waals surface area contributed by atoms with E-state index in [-0.39, 0.29) is 12.1 Å². The summed E-state index contributed by atoms with van der Waals surface area (Å²) >= 11 is 0. The fourth-order valence-electron chi connectivity index (χ4n) is 3.30. The van der Waals surface area contributed by atoms with Gasteiger partial charge in [-0.25, -0.2) is 0 Å². The molecule has 2 atom stereocenters. The van der Waals surface area contributed by atoms with Gasteiger partial charge >= 0.3 is 6.18 Å². The molecule has 1 aromatic heterocycles. The number of nitrogens with zero attached hydrogens (tertiary/aromatic N) is 2. The van der Waals surface area contributed by atoms with Crippen LogP contribution in [-0.4, -0.2) is 35.4 Å². The first-order chi connectivity index (χ1) is 11.9. The summed E-state index contributed by atoms with van der Waals surface area (Å²) in [5.74, 6) is -0.726. The summed E-state index contributed by atoms with van der Waals surface area (Å²) in [6.45, 7) is 0.757. The zero-order valence-corrected chi connectivity index (χ0v) is 13.6. The Morgan fingerprint density at radius 2 is 1.96 bits per heavy atom. The van der Waals surface area contributed by atoms with Crippen molar-refractivity contribution in [2.75, 3.05) is 13.6 Å². The summed E-state index contributed by atoms with van der Waals surface area (Å²) < 4.78 is 39.3. The van der Waals surface area contributed by atoms with Gasteiger partial charge in [0.15, 0.2) is 0 Å². The van der Waals surface area contributed by atoms with E-state index in [2.05, 4.69) is 15.2 Å². The molecule has 132 valence electrons. The predicted molar refractivity (Wildman–Crippen MR) is 86.9 cm³/mol. The number of nitrogens with one attached hydrogen (secondary N) is 1. The quantitative estimate of drug-likeness (QED) is 0.925. The molecule has 1 N–H and O–H groups in total. The minimum Gasteiger partial charge on any atom is -0.347 e. The first kappa shape index (κ1) is 17.4. The van der Waals surface area contributed by atoms with Crippen LogP contribution in [0.3, 0.4) is 0 Å². The first-order valence-electron chi connectivity index (χ1n) is 7.95. The topological polar surface area (TPSA) is 45.2 Å². The number of halogens is 3. The van der Waals surface area contributed by atoms with Gasteiger partial charge in [0.1, 0.15) is 0 Å². The van der Waals surface area contributed by atoms with Gasteiger partial charge in [0.2, 0.25) is 0 Å². The number of carbonyl (C=O) groups excluding carboxylic acids is 1. The number of carbonyl (C=O) groups is 1. The number of rotatable bonds is 3. The van der Waals surface area contributed by atoms with Gasteiger partial charge in [-0.2, -0.15) is 13.2 Å². The Morgan fingerprint density at radius 1 is 1.24 bits per heavy atom. The molecule has 0 aliphatic carbocycles. The van der Waals surface area contributed by atoms with E-state index in [0.29, 0.717) is 12.6 Å². The zero-order valence-electron chi connectivity index (χ0n) is 13.6. The van der Waals surface area contributed by atoms with Crippen LogP contribution in [0.25, 0.3) is 0 Å². The Labute approximate surface area is 143 Å². The molecule has 0 radical (unpaired) electrons. The molecule has 2 aromatic rings. The van der Waals surface area contributed by atoms with Crippen LogP contribution < -0.4 is 5.32 Å². The molecule has 1 aromatic carbocycles. The number of likely N-dealkylation sites (tertiary alicyclic amines) is 1. The average Bonchev–Trinajstić information content (AvgIpc) is 2.95. The van der Waals surface area contributed by atoms with Crippen LogP contribution in [0.4, 0.5) is 13.2 Å². The molecular formula is C18H18F3N3O. The van der Waals surface area contributed by atoms with Crippen molar-refractivity contribution >= 4 is 5.91 Å². The molecule has 1 amide bonds. The lowest BCUT2D eigenvalue weighted by molar-refractivity contribution is -0.138.